The van der Waals surface area contributed by atoms with Gasteiger partial charge in [-0.15, -0.1) is 0 Å². The maximum atomic E-state index is 6.32. The summed E-state index contributed by atoms with van der Waals surface area (Å²) in [4.78, 5) is 4.30. The van der Waals surface area contributed by atoms with Crippen molar-refractivity contribution in [1.82, 2.24) is 4.98 Å². The van der Waals surface area contributed by atoms with Gasteiger partial charge in [0.2, 0.25) is 5.75 Å². The molecule has 2 N–H and O–H groups in total. The molecule has 0 bridgehead atoms. The minimum atomic E-state index is -0.203. The van der Waals surface area contributed by atoms with Gasteiger partial charge in [0.1, 0.15) is 12.4 Å². The Bertz CT molecular complexity index is 780. The van der Waals surface area contributed by atoms with Crippen LogP contribution in [0, 0.1) is 5.92 Å². The zero-order valence-corrected chi connectivity index (χ0v) is 15.7. The largest absolute Gasteiger partial charge is 0.493 e. The van der Waals surface area contributed by atoms with Crippen LogP contribution in [0.4, 0.5) is 0 Å². The SMILES string of the molecule is CCC1CC1(N)COc1cncc(-c2ccc(OC)c(OC)c2OC)c1. The van der Waals surface area contributed by atoms with E-state index in [1.165, 1.54) is 0 Å². The van der Waals surface area contributed by atoms with Gasteiger partial charge in [-0.2, -0.15) is 0 Å². The summed E-state index contributed by atoms with van der Waals surface area (Å²) in [5, 5.41) is 0. The number of benzene rings is 1. The van der Waals surface area contributed by atoms with Crippen LogP contribution in [-0.2, 0) is 0 Å². The Hall–Kier alpha value is -2.47. The van der Waals surface area contributed by atoms with Crippen molar-refractivity contribution in [1.29, 1.82) is 0 Å². The molecule has 2 aromatic rings. The van der Waals surface area contributed by atoms with E-state index in [9.17, 15) is 0 Å². The van der Waals surface area contributed by atoms with Crippen LogP contribution in [0.25, 0.3) is 11.1 Å². The number of nitrogens with zero attached hydrogens (tertiary/aromatic N) is 1. The first kappa shape index (κ1) is 18.3. The van der Waals surface area contributed by atoms with Gasteiger partial charge in [-0.1, -0.05) is 13.3 Å². The van der Waals surface area contributed by atoms with Crippen molar-refractivity contribution in [2.24, 2.45) is 11.7 Å². The maximum Gasteiger partial charge on any atom is 0.203 e. The number of hydrogen-bond donors (Lipinski definition) is 1. The predicted molar refractivity (Wildman–Crippen MR) is 100 cm³/mol. The summed E-state index contributed by atoms with van der Waals surface area (Å²) in [6.07, 6.45) is 5.56. The van der Waals surface area contributed by atoms with E-state index in [4.69, 9.17) is 24.7 Å². The third-order valence-electron chi connectivity index (χ3n) is 5.01. The van der Waals surface area contributed by atoms with Crippen LogP contribution in [0.5, 0.6) is 23.0 Å². The second kappa shape index (κ2) is 7.41. The third kappa shape index (κ3) is 3.42. The Kier molecular flexibility index (Phi) is 5.23. The number of hydrogen-bond acceptors (Lipinski definition) is 6. The van der Waals surface area contributed by atoms with Crippen molar-refractivity contribution in [3.63, 3.8) is 0 Å². The van der Waals surface area contributed by atoms with E-state index in [0.29, 0.717) is 35.5 Å². The highest BCUT2D eigenvalue weighted by Crippen LogP contribution is 2.45. The van der Waals surface area contributed by atoms with Gasteiger partial charge in [0, 0.05) is 17.3 Å². The first-order valence-corrected chi connectivity index (χ1v) is 8.72. The van der Waals surface area contributed by atoms with Crippen LogP contribution >= 0.6 is 0 Å². The normalized spacial score (nSPS) is 21.2. The summed E-state index contributed by atoms with van der Waals surface area (Å²) >= 11 is 0. The van der Waals surface area contributed by atoms with Crippen LogP contribution in [0.3, 0.4) is 0 Å². The quantitative estimate of drug-likeness (QED) is 0.780. The minimum absolute atomic E-state index is 0.203. The molecule has 2 atom stereocenters. The Morgan fingerprint density at radius 3 is 2.50 bits per heavy atom. The average molecular weight is 358 g/mol. The number of methoxy groups -OCH3 is 3. The van der Waals surface area contributed by atoms with E-state index < -0.39 is 0 Å². The topological polar surface area (TPSA) is 75.8 Å². The molecule has 0 amide bonds. The number of nitrogens with two attached hydrogens (primary N) is 1. The van der Waals surface area contributed by atoms with E-state index >= 15 is 0 Å². The molecule has 140 valence electrons. The molecule has 0 radical (unpaired) electrons. The molecular weight excluding hydrogens is 332 g/mol. The smallest absolute Gasteiger partial charge is 0.203 e. The van der Waals surface area contributed by atoms with E-state index in [-0.39, 0.29) is 5.54 Å². The summed E-state index contributed by atoms with van der Waals surface area (Å²) in [7, 11) is 4.78. The lowest BCUT2D eigenvalue weighted by Crippen LogP contribution is -2.32. The summed E-state index contributed by atoms with van der Waals surface area (Å²) < 4.78 is 22.3. The molecule has 0 saturated heterocycles. The molecule has 1 heterocycles. The monoisotopic (exact) mass is 358 g/mol. The standard InChI is InChI=1S/C20H26N2O4/c1-5-14-9-20(14,21)12-26-15-8-13(10-22-11-15)16-6-7-17(23-2)19(25-4)18(16)24-3/h6-8,10-11,14H,5,9,12,21H2,1-4H3. The van der Waals surface area contributed by atoms with E-state index in [0.717, 1.165) is 24.0 Å². The number of aromatic nitrogens is 1. The Morgan fingerprint density at radius 2 is 1.88 bits per heavy atom. The number of rotatable bonds is 8. The zero-order valence-electron chi connectivity index (χ0n) is 15.7. The summed E-state index contributed by atoms with van der Waals surface area (Å²) in [5.41, 5.74) is 7.84. The third-order valence-corrected chi connectivity index (χ3v) is 5.01. The second-order valence-corrected chi connectivity index (χ2v) is 6.62. The van der Waals surface area contributed by atoms with Crippen molar-refractivity contribution in [3.8, 4) is 34.1 Å². The molecular formula is C20H26N2O4. The van der Waals surface area contributed by atoms with E-state index in [1.807, 2.05) is 18.2 Å². The highest BCUT2D eigenvalue weighted by atomic mass is 16.5. The van der Waals surface area contributed by atoms with Crippen LogP contribution in [0.1, 0.15) is 19.8 Å². The Labute approximate surface area is 154 Å². The summed E-state index contributed by atoms with van der Waals surface area (Å²) in [6, 6.07) is 5.69. The predicted octanol–water partition coefficient (Wildman–Crippen LogP) is 3.28. The van der Waals surface area contributed by atoms with Gasteiger partial charge in [-0.05, 0) is 30.5 Å². The van der Waals surface area contributed by atoms with Crippen molar-refractivity contribution in [2.75, 3.05) is 27.9 Å². The van der Waals surface area contributed by atoms with Crippen LogP contribution in [-0.4, -0.2) is 38.5 Å². The molecule has 2 unspecified atom stereocenters. The Balaban J connectivity index is 1.86. The van der Waals surface area contributed by atoms with Gasteiger partial charge in [-0.3, -0.25) is 4.98 Å². The van der Waals surface area contributed by atoms with Crippen LogP contribution in [0.2, 0.25) is 0 Å². The van der Waals surface area contributed by atoms with Crippen molar-refractivity contribution in [3.05, 3.63) is 30.6 Å². The lowest BCUT2D eigenvalue weighted by Gasteiger charge is -2.17. The van der Waals surface area contributed by atoms with Crippen molar-refractivity contribution < 1.29 is 18.9 Å². The molecule has 1 aromatic heterocycles. The van der Waals surface area contributed by atoms with Crippen molar-refractivity contribution in [2.45, 2.75) is 25.3 Å². The minimum Gasteiger partial charge on any atom is -0.493 e. The molecule has 3 rings (SSSR count). The first-order valence-electron chi connectivity index (χ1n) is 8.72. The molecule has 1 aromatic carbocycles. The molecule has 6 nitrogen and oxygen atoms in total. The fourth-order valence-electron chi connectivity index (χ4n) is 3.32. The first-order chi connectivity index (χ1) is 12.6. The van der Waals surface area contributed by atoms with Crippen LogP contribution in [0.15, 0.2) is 30.6 Å². The molecule has 0 spiro atoms. The fraction of sp³-hybridized carbons (Fsp3) is 0.450. The highest BCUT2D eigenvalue weighted by Gasteiger charge is 2.50. The molecule has 1 aliphatic carbocycles. The van der Waals surface area contributed by atoms with Crippen molar-refractivity contribution >= 4 is 0 Å². The molecule has 6 heteroatoms. The van der Waals surface area contributed by atoms with Gasteiger partial charge in [0.15, 0.2) is 11.5 Å². The van der Waals surface area contributed by atoms with Gasteiger partial charge in [-0.25, -0.2) is 0 Å². The van der Waals surface area contributed by atoms with Gasteiger partial charge >= 0.3 is 0 Å². The molecule has 1 saturated carbocycles. The summed E-state index contributed by atoms with van der Waals surface area (Å²) in [5.74, 6) is 2.98. The Morgan fingerprint density at radius 1 is 1.12 bits per heavy atom. The molecule has 26 heavy (non-hydrogen) atoms. The van der Waals surface area contributed by atoms with Gasteiger partial charge in [0.25, 0.3) is 0 Å². The molecule has 1 fully saturated rings. The summed E-state index contributed by atoms with van der Waals surface area (Å²) in [6.45, 7) is 2.66. The lowest BCUT2D eigenvalue weighted by atomic mass is 10.1. The highest BCUT2D eigenvalue weighted by molar-refractivity contribution is 5.76. The van der Waals surface area contributed by atoms with E-state index in [2.05, 4.69) is 11.9 Å². The molecule has 0 aliphatic heterocycles. The lowest BCUT2D eigenvalue weighted by molar-refractivity contribution is 0.268. The van der Waals surface area contributed by atoms with Crippen LogP contribution < -0.4 is 24.7 Å². The average Bonchev–Trinajstić information content (AvgIpc) is 3.35. The zero-order chi connectivity index (χ0) is 18.7. The molecule has 1 aliphatic rings. The number of ether oxygens (including phenoxy) is 4. The number of pyridine rings is 1. The second-order valence-electron chi connectivity index (χ2n) is 6.62. The fourth-order valence-corrected chi connectivity index (χ4v) is 3.32. The van der Waals surface area contributed by atoms with Gasteiger partial charge < -0.3 is 24.7 Å². The van der Waals surface area contributed by atoms with E-state index in [1.54, 1.807) is 33.7 Å². The van der Waals surface area contributed by atoms with Gasteiger partial charge in [0.05, 0.1) is 33.1 Å². The maximum absolute atomic E-state index is 6.32.